The monoisotopic (exact) mass is 269 g/mol. The molecule has 1 rings (SSSR count). The third kappa shape index (κ3) is 4.86. The Bertz CT molecular complexity index is 358. The molecule has 2 atom stereocenters. The molecule has 0 fully saturated rings. The van der Waals surface area contributed by atoms with E-state index in [1.54, 1.807) is 6.07 Å². The number of nitrogens with zero attached hydrogens (tertiary/aromatic N) is 2. The Balaban J connectivity index is 2.70. The van der Waals surface area contributed by atoms with Crippen LogP contribution < -0.4 is 5.32 Å². The Labute approximate surface area is 114 Å². The Morgan fingerprint density at radius 2 is 2.21 bits per heavy atom. The maximum atomic E-state index is 12.9. The van der Waals surface area contributed by atoms with E-state index in [4.69, 9.17) is 5.11 Å². The van der Waals surface area contributed by atoms with E-state index in [0.717, 1.165) is 18.8 Å². The van der Waals surface area contributed by atoms with E-state index in [-0.39, 0.29) is 18.5 Å². The number of pyridine rings is 1. The van der Waals surface area contributed by atoms with Gasteiger partial charge in [0.1, 0.15) is 5.82 Å². The van der Waals surface area contributed by atoms with Crippen molar-refractivity contribution in [2.24, 2.45) is 5.92 Å². The number of aliphatic hydroxyl groups is 1. The Morgan fingerprint density at radius 1 is 1.47 bits per heavy atom. The summed E-state index contributed by atoms with van der Waals surface area (Å²) in [6, 6.07) is 3.23. The number of likely N-dealkylation sites (N-methyl/N-ethyl adjacent to an activating group) is 1. The average molecular weight is 269 g/mol. The van der Waals surface area contributed by atoms with Gasteiger partial charge in [-0.05, 0) is 31.6 Å². The van der Waals surface area contributed by atoms with Crippen LogP contribution in [0.4, 0.5) is 4.39 Å². The van der Waals surface area contributed by atoms with Gasteiger partial charge in [-0.25, -0.2) is 4.39 Å². The molecule has 0 aliphatic rings. The Morgan fingerprint density at radius 3 is 2.68 bits per heavy atom. The summed E-state index contributed by atoms with van der Waals surface area (Å²) in [5.74, 6) is -0.00353. The van der Waals surface area contributed by atoms with Gasteiger partial charge < -0.3 is 15.3 Å². The van der Waals surface area contributed by atoms with Crippen LogP contribution >= 0.6 is 0 Å². The lowest BCUT2D eigenvalue weighted by atomic mass is 9.97. The molecular formula is C14H24FN3O. The SMILES string of the molecule is CCN(CCO)CC(C)C(NC)c1ccc(F)cn1. The van der Waals surface area contributed by atoms with Crippen molar-refractivity contribution in [3.63, 3.8) is 0 Å². The molecule has 19 heavy (non-hydrogen) atoms. The molecule has 2 unspecified atom stereocenters. The maximum absolute atomic E-state index is 12.9. The fourth-order valence-electron chi connectivity index (χ4n) is 2.33. The second-order valence-corrected chi connectivity index (χ2v) is 4.76. The highest BCUT2D eigenvalue weighted by Gasteiger charge is 2.20. The lowest BCUT2D eigenvalue weighted by molar-refractivity contribution is 0.172. The number of aromatic nitrogens is 1. The van der Waals surface area contributed by atoms with Crippen molar-refractivity contribution < 1.29 is 9.50 Å². The minimum atomic E-state index is -0.318. The number of hydrogen-bond donors (Lipinski definition) is 2. The predicted molar refractivity (Wildman–Crippen MR) is 74.4 cm³/mol. The molecule has 2 N–H and O–H groups in total. The highest BCUT2D eigenvalue weighted by Crippen LogP contribution is 2.20. The van der Waals surface area contributed by atoms with Crippen molar-refractivity contribution in [1.29, 1.82) is 0 Å². The van der Waals surface area contributed by atoms with Crippen molar-refractivity contribution in [2.75, 3.05) is 33.3 Å². The number of halogens is 1. The second kappa shape index (κ2) is 8.19. The Kier molecular flexibility index (Phi) is 6.91. The van der Waals surface area contributed by atoms with Gasteiger partial charge >= 0.3 is 0 Å². The first-order chi connectivity index (χ1) is 9.12. The van der Waals surface area contributed by atoms with Crippen molar-refractivity contribution in [3.05, 3.63) is 29.8 Å². The van der Waals surface area contributed by atoms with Crippen molar-refractivity contribution in [1.82, 2.24) is 15.2 Å². The second-order valence-electron chi connectivity index (χ2n) is 4.76. The summed E-state index contributed by atoms with van der Waals surface area (Å²) in [6.45, 7) is 6.81. The molecule has 0 aromatic carbocycles. The molecule has 0 saturated carbocycles. The third-order valence-electron chi connectivity index (χ3n) is 3.36. The minimum absolute atomic E-state index is 0.0772. The number of nitrogens with one attached hydrogen (secondary N) is 1. The Hall–Kier alpha value is -1.04. The maximum Gasteiger partial charge on any atom is 0.141 e. The molecule has 108 valence electrons. The largest absolute Gasteiger partial charge is 0.395 e. The highest BCUT2D eigenvalue weighted by atomic mass is 19.1. The number of aliphatic hydroxyl groups excluding tert-OH is 1. The fourth-order valence-corrected chi connectivity index (χ4v) is 2.33. The number of rotatable bonds is 8. The van der Waals surface area contributed by atoms with Gasteiger partial charge in [0.2, 0.25) is 0 Å². The topological polar surface area (TPSA) is 48.4 Å². The van der Waals surface area contributed by atoms with E-state index in [1.165, 1.54) is 12.3 Å². The molecular weight excluding hydrogens is 245 g/mol. The first kappa shape index (κ1) is 16.0. The molecule has 1 aromatic rings. The zero-order valence-electron chi connectivity index (χ0n) is 11.9. The summed E-state index contributed by atoms with van der Waals surface area (Å²) >= 11 is 0. The van der Waals surface area contributed by atoms with E-state index in [0.29, 0.717) is 12.5 Å². The summed E-state index contributed by atoms with van der Waals surface area (Å²) < 4.78 is 12.9. The van der Waals surface area contributed by atoms with Crippen LogP contribution in [-0.4, -0.2) is 48.3 Å². The van der Waals surface area contributed by atoms with Crippen LogP contribution in [0.3, 0.4) is 0 Å². The van der Waals surface area contributed by atoms with Crippen LogP contribution in [0.15, 0.2) is 18.3 Å². The molecule has 0 aliphatic carbocycles. The molecule has 0 radical (unpaired) electrons. The van der Waals surface area contributed by atoms with Crippen LogP contribution in [0.2, 0.25) is 0 Å². The molecule has 4 nitrogen and oxygen atoms in total. The predicted octanol–water partition coefficient (Wildman–Crippen LogP) is 1.43. The van der Waals surface area contributed by atoms with Gasteiger partial charge in [0, 0.05) is 13.1 Å². The molecule has 0 bridgehead atoms. The highest BCUT2D eigenvalue weighted by molar-refractivity contribution is 5.10. The first-order valence-electron chi connectivity index (χ1n) is 6.74. The molecule has 1 aromatic heterocycles. The zero-order chi connectivity index (χ0) is 14.3. The van der Waals surface area contributed by atoms with Crippen molar-refractivity contribution in [3.8, 4) is 0 Å². The molecule has 0 aliphatic heterocycles. The van der Waals surface area contributed by atoms with Gasteiger partial charge in [-0.15, -0.1) is 0 Å². The minimum Gasteiger partial charge on any atom is -0.395 e. The van der Waals surface area contributed by atoms with Crippen molar-refractivity contribution in [2.45, 2.75) is 19.9 Å². The summed E-state index contributed by atoms with van der Waals surface area (Å²) in [5, 5.41) is 12.2. The summed E-state index contributed by atoms with van der Waals surface area (Å²) in [7, 11) is 1.88. The van der Waals surface area contributed by atoms with Gasteiger partial charge in [0.05, 0.1) is 24.5 Å². The van der Waals surface area contributed by atoms with E-state index >= 15 is 0 Å². The molecule has 0 amide bonds. The van der Waals surface area contributed by atoms with Crippen LogP contribution in [-0.2, 0) is 0 Å². The van der Waals surface area contributed by atoms with Gasteiger partial charge in [0.25, 0.3) is 0 Å². The molecule has 0 saturated heterocycles. The lowest BCUT2D eigenvalue weighted by Crippen LogP contribution is -2.36. The van der Waals surface area contributed by atoms with E-state index in [9.17, 15) is 4.39 Å². The smallest absolute Gasteiger partial charge is 0.141 e. The van der Waals surface area contributed by atoms with Gasteiger partial charge in [-0.2, -0.15) is 0 Å². The van der Waals surface area contributed by atoms with E-state index in [1.807, 2.05) is 7.05 Å². The summed E-state index contributed by atoms with van der Waals surface area (Å²) in [4.78, 5) is 6.34. The van der Waals surface area contributed by atoms with Crippen LogP contribution in [0.25, 0.3) is 0 Å². The van der Waals surface area contributed by atoms with E-state index in [2.05, 4.69) is 29.0 Å². The average Bonchev–Trinajstić information content (AvgIpc) is 2.41. The lowest BCUT2D eigenvalue weighted by Gasteiger charge is -2.29. The zero-order valence-corrected chi connectivity index (χ0v) is 11.9. The normalized spacial score (nSPS) is 14.6. The molecule has 1 heterocycles. The van der Waals surface area contributed by atoms with Gasteiger partial charge in [0.15, 0.2) is 0 Å². The van der Waals surface area contributed by atoms with E-state index < -0.39 is 0 Å². The summed E-state index contributed by atoms with van der Waals surface area (Å²) in [5.41, 5.74) is 0.844. The van der Waals surface area contributed by atoms with Gasteiger partial charge in [-0.3, -0.25) is 4.98 Å². The number of hydrogen-bond acceptors (Lipinski definition) is 4. The standard InChI is InChI=1S/C14H24FN3O/c1-4-18(7-8-19)10-11(2)14(16-3)13-6-5-12(15)9-17-13/h5-6,9,11,14,16,19H,4,7-8,10H2,1-3H3. The fraction of sp³-hybridized carbons (Fsp3) is 0.643. The molecule has 5 heteroatoms. The van der Waals surface area contributed by atoms with Crippen LogP contribution in [0, 0.1) is 11.7 Å². The van der Waals surface area contributed by atoms with Crippen LogP contribution in [0.5, 0.6) is 0 Å². The van der Waals surface area contributed by atoms with Crippen molar-refractivity contribution >= 4 is 0 Å². The van der Waals surface area contributed by atoms with Crippen LogP contribution in [0.1, 0.15) is 25.6 Å². The summed E-state index contributed by atoms with van der Waals surface area (Å²) in [6.07, 6.45) is 1.25. The quantitative estimate of drug-likeness (QED) is 0.749. The third-order valence-corrected chi connectivity index (χ3v) is 3.36. The first-order valence-corrected chi connectivity index (χ1v) is 6.74. The molecule has 0 spiro atoms. The van der Waals surface area contributed by atoms with Gasteiger partial charge in [-0.1, -0.05) is 13.8 Å².